The highest BCUT2D eigenvalue weighted by atomic mass is 127. The number of carbonyl (C=O) groups is 2. The number of hydrogen-bond donors (Lipinski definition) is 2. The summed E-state index contributed by atoms with van der Waals surface area (Å²) in [5.74, 6) is 0.236. The van der Waals surface area contributed by atoms with Gasteiger partial charge in [0.15, 0.2) is 0 Å². The number of rotatable bonds is 4. The van der Waals surface area contributed by atoms with Gasteiger partial charge in [-0.15, -0.1) is 0 Å². The zero-order valence-electron chi connectivity index (χ0n) is 13.6. The van der Waals surface area contributed by atoms with Gasteiger partial charge >= 0.3 is 0 Å². The number of nitrogens with two attached hydrogens (primary N) is 1. The number of nitrogens with zero attached hydrogens (tertiary/aromatic N) is 2. The van der Waals surface area contributed by atoms with Crippen LogP contribution in [0.15, 0.2) is 42.6 Å². The number of anilines is 2. The minimum absolute atomic E-state index is 0.129. The number of amides is 2. The molecule has 0 saturated carbocycles. The molecule has 1 aromatic carbocycles. The predicted molar refractivity (Wildman–Crippen MR) is 105 cm³/mol. The Hall–Kier alpha value is -2.16. The molecule has 130 valence electrons. The molecule has 1 unspecified atom stereocenters. The first kappa shape index (κ1) is 17.7. The van der Waals surface area contributed by atoms with Crippen LogP contribution in [0.5, 0.6) is 0 Å². The Morgan fingerprint density at radius 2 is 2.12 bits per heavy atom. The molecule has 0 spiro atoms. The quantitative estimate of drug-likeness (QED) is 0.702. The Labute approximate surface area is 159 Å². The zero-order chi connectivity index (χ0) is 17.8. The summed E-state index contributed by atoms with van der Waals surface area (Å²) >= 11 is 2.17. The van der Waals surface area contributed by atoms with Crippen LogP contribution in [0.2, 0.25) is 0 Å². The summed E-state index contributed by atoms with van der Waals surface area (Å²) in [6, 6.07) is 11.1. The first-order chi connectivity index (χ1) is 12.0. The van der Waals surface area contributed by atoms with Crippen molar-refractivity contribution in [3.05, 3.63) is 51.7 Å². The van der Waals surface area contributed by atoms with E-state index in [1.54, 1.807) is 12.3 Å². The molecule has 1 atom stereocenters. The third-order valence-electron chi connectivity index (χ3n) is 4.24. The van der Waals surface area contributed by atoms with Gasteiger partial charge in [0.05, 0.1) is 17.8 Å². The predicted octanol–water partition coefficient (Wildman–Crippen LogP) is 2.64. The van der Waals surface area contributed by atoms with Crippen molar-refractivity contribution >= 4 is 45.9 Å². The van der Waals surface area contributed by atoms with Crippen molar-refractivity contribution < 1.29 is 9.59 Å². The average molecular weight is 450 g/mol. The molecule has 1 saturated heterocycles. The van der Waals surface area contributed by atoms with Gasteiger partial charge in [0, 0.05) is 22.2 Å². The van der Waals surface area contributed by atoms with Crippen LogP contribution in [-0.2, 0) is 4.79 Å². The third kappa shape index (κ3) is 4.47. The molecule has 25 heavy (non-hydrogen) atoms. The van der Waals surface area contributed by atoms with Crippen LogP contribution in [0.4, 0.5) is 11.5 Å². The molecule has 0 radical (unpaired) electrons. The molecule has 1 fully saturated rings. The van der Waals surface area contributed by atoms with Crippen LogP contribution >= 0.6 is 22.6 Å². The van der Waals surface area contributed by atoms with E-state index in [4.69, 9.17) is 5.73 Å². The number of halogens is 1. The number of carbonyl (C=O) groups excluding carboxylic acids is 2. The summed E-state index contributed by atoms with van der Waals surface area (Å²) < 4.78 is 1.01. The summed E-state index contributed by atoms with van der Waals surface area (Å²) in [6.07, 6.45) is 3.38. The number of pyridine rings is 1. The molecule has 1 aliphatic heterocycles. The lowest BCUT2D eigenvalue weighted by Gasteiger charge is -2.32. The number of aromatic nitrogens is 1. The highest BCUT2D eigenvalue weighted by molar-refractivity contribution is 14.1. The van der Waals surface area contributed by atoms with E-state index < -0.39 is 0 Å². The summed E-state index contributed by atoms with van der Waals surface area (Å²) in [5.41, 5.74) is 6.66. The van der Waals surface area contributed by atoms with Crippen LogP contribution < -0.4 is 16.0 Å². The smallest absolute Gasteiger partial charge is 0.255 e. The molecule has 1 aromatic heterocycles. The molecular formula is C18H19IN4O2. The molecule has 3 rings (SSSR count). The molecule has 7 heteroatoms. The number of hydrogen-bond acceptors (Lipinski definition) is 4. The van der Waals surface area contributed by atoms with E-state index in [0.29, 0.717) is 17.8 Å². The lowest BCUT2D eigenvalue weighted by Crippen LogP contribution is -2.41. The maximum atomic E-state index is 12.3. The average Bonchev–Trinajstić information content (AvgIpc) is 2.62. The second-order valence-corrected chi connectivity index (χ2v) is 7.30. The van der Waals surface area contributed by atoms with Gasteiger partial charge in [-0.05, 0) is 65.8 Å². The fraction of sp³-hybridized carbons (Fsp3) is 0.278. The van der Waals surface area contributed by atoms with E-state index in [0.717, 1.165) is 28.8 Å². The van der Waals surface area contributed by atoms with Gasteiger partial charge in [-0.2, -0.15) is 0 Å². The number of nitrogens with one attached hydrogen (secondary N) is 1. The van der Waals surface area contributed by atoms with Gasteiger partial charge in [-0.3, -0.25) is 9.59 Å². The topological polar surface area (TPSA) is 88.3 Å². The van der Waals surface area contributed by atoms with Crippen LogP contribution in [0, 0.1) is 9.49 Å². The second-order valence-electron chi connectivity index (χ2n) is 6.06. The van der Waals surface area contributed by atoms with Crippen molar-refractivity contribution in [3.63, 3.8) is 0 Å². The van der Waals surface area contributed by atoms with Crippen molar-refractivity contribution in [2.45, 2.75) is 12.8 Å². The van der Waals surface area contributed by atoms with Crippen molar-refractivity contribution in [2.24, 2.45) is 11.7 Å². The second kappa shape index (κ2) is 7.81. The molecule has 0 bridgehead atoms. The molecule has 2 heterocycles. The Kier molecular flexibility index (Phi) is 5.52. The van der Waals surface area contributed by atoms with E-state index in [1.807, 2.05) is 30.3 Å². The van der Waals surface area contributed by atoms with E-state index in [9.17, 15) is 9.59 Å². The van der Waals surface area contributed by atoms with Gasteiger partial charge in [-0.25, -0.2) is 4.98 Å². The largest absolute Gasteiger partial charge is 0.369 e. The summed E-state index contributed by atoms with van der Waals surface area (Å²) in [5, 5.41) is 2.85. The normalized spacial score (nSPS) is 17.2. The van der Waals surface area contributed by atoms with Gasteiger partial charge < -0.3 is 16.0 Å². The summed E-state index contributed by atoms with van der Waals surface area (Å²) in [7, 11) is 0. The zero-order valence-corrected chi connectivity index (χ0v) is 15.8. The van der Waals surface area contributed by atoms with Crippen LogP contribution in [0.1, 0.15) is 23.2 Å². The van der Waals surface area contributed by atoms with Crippen LogP contribution in [-0.4, -0.2) is 29.9 Å². The summed E-state index contributed by atoms with van der Waals surface area (Å²) in [6.45, 7) is 1.45. The van der Waals surface area contributed by atoms with Crippen molar-refractivity contribution in [1.82, 2.24) is 4.98 Å². The van der Waals surface area contributed by atoms with E-state index in [-0.39, 0.29) is 17.7 Å². The van der Waals surface area contributed by atoms with Gasteiger partial charge in [-0.1, -0.05) is 6.07 Å². The highest BCUT2D eigenvalue weighted by Crippen LogP contribution is 2.22. The monoisotopic (exact) mass is 450 g/mol. The Balaban J connectivity index is 1.66. The molecule has 3 N–H and O–H groups in total. The molecular weight excluding hydrogens is 431 g/mol. The molecule has 2 amide bonds. The fourth-order valence-electron chi connectivity index (χ4n) is 2.90. The van der Waals surface area contributed by atoms with Crippen LogP contribution in [0.3, 0.4) is 0 Å². The Morgan fingerprint density at radius 3 is 2.80 bits per heavy atom. The molecule has 0 aliphatic carbocycles. The first-order valence-electron chi connectivity index (χ1n) is 8.10. The summed E-state index contributed by atoms with van der Waals surface area (Å²) in [4.78, 5) is 30.1. The maximum absolute atomic E-state index is 12.3. The lowest BCUT2D eigenvalue weighted by atomic mass is 9.97. The highest BCUT2D eigenvalue weighted by Gasteiger charge is 2.24. The number of piperidine rings is 1. The fourth-order valence-corrected chi connectivity index (χ4v) is 3.44. The number of benzene rings is 1. The SMILES string of the molecule is NC(=O)C1CCCN(c2ccc(NC(=O)c3cccc(I)c3)cn2)C1. The van der Waals surface area contributed by atoms with E-state index in [2.05, 4.69) is 37.8 Å². The molecule has 2 aromatic rings. The maximum Gasteiger partial charge on any atom is 0.255 e. The Bertz CT molecular complexity index is 779. The van der Waals surface area contributed by atoms with Crippen molar-refractivity contribution in [1.29, 1.82) is 0 Å². The third-order valence-corrected chi connectivity index (χ3v) is 4.91. The van der Waals surface area contributed by atoms with Crippen LogP contribution in [0.25, 0.3) is 0 Å². The molecule has 1 aliphatic rings. The standard InChI is InChI=1S/C18H19IN4O2/c19-14-5-1-3-12(9-14)18(25)22-15-6-7-16(21-10-15)23-8-2-4-13(11-23)17(20)24/h1,3,5-7,9-10,13H,2,4,8,11H2,(H2,20,24)(H,22,25). The first-order valence-corrected chi connectivity index (χ1v) is 9.18. The van der Waals surface area contributed by atoms with E-state index in [1.165, 1.54) is 0 Å². The van der Waals surface area contributed by atoms with E-state index >= 15 is 0 Å². The lowest BCUT2D eigenvalue weighted by molar-refractivity contribution is -0.122. The van der Waals surface area contributed by atoms with Crippen molar-refractivity contribution in [3.8, 4) is 0 Å². The van der Waals surface area contributed by atoms with Gasteiger partial charge in [0.2, 0.25) is 5.91 Å². The Morgan fingerprint density at radius 1 is 1.28 bits per heavy atom. The van der Waals surface area contributed by atoms with Gasteiger partial charge in [0.25, 0.3) is 5.91 Å². The number of primary amides is 1. The minimum atomic E-state index is -0.258. The van der Waals surface area contributed by atoms with Gasteiger partial charge in [0.1, 0.15) is 5.82 Å². The molecule has 6 nitrogen and oxygen atoms in total. The minimum Gasteiger partial charge on any atom is -0.369 e. The van der Waals surface area contributed by atoms with Crippen molar-refractivity contribution in [2.75, 3.05) is 23.3 Å².